The fraction of sp³-hybridized carbons (Fsp3) is 0.611. The fourth-order valence-corrected chi connectivity index (χ4v) is 3.09. The molecule has 2 aliphatic rings. The highest BCUT2D eigenvalue weighted by Crippen LogP contribution is 2.60. The average molecular weight is 429 g/mol. The van der Waals surface area contributed by atoms with Gasteiger partial charge < -0.3 is 15.4 Å². The van der Waals surface area contributed by atoms with Gasteiger partial charge in [0.15, 0.2) is 5.96 Å². The van der Waals surface area contributed by atoms with Crippen molar-refractivity contribution >= 4 is 29.9 Å². The third-order valence-corrected chi connectivity index (χ3v) is 4.87. The Morgan fingerprint density at radius 2 is 1.91 bits per heavy atom. The Kier molecular flexibility index (Phi) is 6.56. The summed E-state index contributed by atoms with van der Waals surface area (Å²) in [6.45, 7) is 4.77. The van der Waals surface area contributed by atoms with Crippen LogP contribution in [-0.4, -0.2) is 26.2 Å². The molecule has 2 N–H and O–H groups in total. The molecule has 5 heteroatoms. The number of methoxy groups -OCH3 is 1. The molecule has 23 heavy (non-hydrogen) atoms. The molecule has 1 aromatic rings. The van der Waals surface area contributed by atoms with Gasteiger partial charge in [-0.3, -0.25) is 0 Å². The molecule has 0 aliphatic heterocycles. The van der Waals surface area contributed by atoms with Crippen molar-refractivity contribution in [2.24, 2.45) is 16.3 Å². The van der Waals surface area contributed by atoms with Crippen molar-refractivity contribution in [1.29, 1.82) is 0 Å². The largest absolute Gasteiger partial charge is 0.497 e. The van der Waals surface area contributed by atoms with Gasteiger partial charge in [0.1, 0.15) is 5.75 Å². The van der Waals surface area contributed by atoms with Crippen molar-refractivity contribution in [1.82, 2.24) is 10.6 Å². The number of hydrogen-bond acceptors (Lipinski definition) is 2. The van der Waals surface area contributed by atoms with Gasteiger partial charge in [0.2, 0.25) is 0 Å². The number of guanidine groups is 1. The van der Waals surface area contributed by atoms with Crippen LogP contribution in [0.3, 0.4) is 0 Å². The Bertz CT molecular complexity index is 522. The molecule has 0 heterocycles. The molecule has 3 rings (SSSR count). The molecule has 2 aliphatic carbocycles. The molecule has 0 aromatic heterocycles. The Hall–Kier alpha value is -0.980. The summed E-state index contributed by atoms with van der Waals surface area (Å²) in [4.78, 5) is 4.70. The lowest BCUT2D eigenvalue weighted by Gasteiger charge is -2.18. The van der Waals surface area contributed by atoms with Crippen molar-refractivity contribution in [2.45, 2.75) is 39.2 Å². The van der Waals surface area contributed by atoms with Crippen LogP contribution >= 0.6 is 24.0 Å². The Morgan fingerprint density at radius 3 is 2.43 bits per heavy atom. The van der Waals surface area contributed by atoms with Gasteiger partial charge in [-0.1, -0.05) is 12.1 Å². The molecule has 128 valence electrons. The Labute approximate surface area is 156 Å². The highest BCUT2D eigenvalue weighted by atomic mass is 127. The predicted molar refractivity (Wildman–Crippen MR) is 106 cm³/mol. The van der Waals surface area contributed by atoms with E-state index < -0.39 is 0 Å². The molecule has 0 unspecified atom stereocenters. The van der Waals surface area contributed by atoms with Gasteiger partial charge in [-0.05, 0) is 61.6 Å². The smallest absolute Gasteiger partial charge is 0.191 e. The number of hydrogen-bond donors (Lipinski definition) is 2. The van der Waals surface area contributed by atoms with E-state index in [1.807, 2.05) is 12.1 Å². The van der Waals surface area contributed by atoms with Crippen LogP contribution in [0.25, 0.3) is 0 Å². The summed E-state index contributed by atoms with van der Waals surface area (Å²) in [7, 11) is 1.69. The van der Waals surface area contributed by atoms with E-state index in [0.717, 1.165) is 30.7 Å². The van der Waals surface area contributed by atoms with E-state index >= 15 is 0 Å². The van der Waals surface area contributed by atoms with E-state index in [2.05, 4.69) is 29.7 Å². The zero-order valence-corrected chi connectivity index (χ0v) is 16.4. The third kappa shape index (κ3) is 4.99. The zero-order valence-electron chi connectivity index (χ0n) is 14.1. The van der Waals surface area contributed by atoms with Crippen molar-refractivity contribution in [3.8, 4) is 5.75 Å². The number of benzene rings is 1. The molecule has 0 atom stereocenters. The molecular formula is C18H28IN3O. The van der Waals surface area contributed by atoms with Crippen LogP contribution in [-0.2, 0) is 6.54 Å². The third-order valence-electron chi connectivity index (χ3n) is 4.87. The predicted octanol–water partition coefficient (Wildman–Crippen LogP) is 3.56. The Balaban J connectivity index is 0.00000192. The second kappa shape index (κ2) is 8.22. The van der Waals surface area contributed by atoms with Gasteiger partial charge in [-0.25, -0.2) is 4.99 Å². The van der Waals surface area contributed by atoms with Crippen molar-refractivity contribution in [3.63, 3.8) is 0 Å². The number of aliphatic imine (C=N–C) groups is 1. The minimum absolute atomic E-state index is 0. The highest BCUT2D eigenvalue weighted by molar-refractivity contribution is 14.0. The first-order valence-corrected chi connectivity index (χ1v) is 8.41. The summed E-state index contributed by atoms with van der Waals surface area (Å²) in [5, 5.41) is 6.90. The summed E-state index contributed by atoms with van der Waals surface area (Å²) < 4.78 is 5.18. The van der Waals surface area contributed by atoms with Gasteiger partial charge in [-0.2, -0.15) is 0 Å². The maximum atomic E-state index is 5.18. The standard InChI is InChI=1S/C18H27N3O.HI/c1-3-19-17(21-13-18(10-11-18)15-6-7-15)20-12-14-4-8-16(22-2)9-5-14;/h4-5,8-9,15H,3,6-7,10-13H2,1-2H3,(H2,19,20,21);1H. The lowest BCUT2D eigenvalue weighted by Crippen LogP contribution is -2.40. The van der Waals surface area contributed by atoms with Gasteiger partial charge >= 0.3 is 0 Å². The summed E-state index contributed by atoms with van der Waals surface area (Å²) in [5.41, 5.74) is 1.79. The van der Waals surface area contributed by atoms with E-state index in [1.54, 1.807) is 7.11 Å². The van der Waals surface area contributed by atoms with E-state index in [9.17, 15) is 0 Å². The van der Waals surface area contributed by atoms with Crippen LogP contribution in [0.4, 0.5) is 0 Å². The molecule has 0 saturated heterocycles. The molecule has 2 fully saturated rings. The number of ether oxygens (including phenoxy) is 1. The second-order valence-corrected chi connectivity index (χ2v) is 6.53. The molecule has 0 amide bonds. The zero-order chi connectivity index (χ0) is 15.4. The summed E-state index contributed by atoms with van der Waals surface area (Å²) in [5.74, 6) is 2.80. The van der Waals surface area contributed by atoms with E-state index in [4.69, 9.17) is 9.73 Å². The molecule has 1 aromatic carbocycles. The van der Waals surface area contributed by atoms with Gasteiger partial charge in [0.05, 0.1) is 13.7 Å². The topological polar surface area (TPSA) is 45.7 Å². The maximum absolute atomic E-state index is 5.18. The number of nitrogens with zero attached hydrogens (tertiary/aromatic N) is 1. The molecule has 0 bridgehead atoms. The summed E-state index contributed by atoms with van der Waals surface area (Å²) >= 11 is 0. The molecule has 0 radical (unpaired) electrons. The highest BCUT2D eigenvalue weighted by Gasteiger charge is 2.53. The molecule has 4 nitrogen and oxygen atoms in total. The fourth-order valence-electron chi connectivity index (χ4n) is 3.09. The lowest BCUT2D eigenvalue weighted by molar-refractivity contribution is 0.414. The first-order chi connectivity index (χ1) is 10.8. The first-order valence-electron chi connectivity index (χ1n) is 8.41. The van der Waals surface area contributed by atoms with Crippen LogP contribution in [0.2, 0.25) is 0 Å². The first kappa shape index (κ1) is 18.4. The van der Waals surface area contributed by atoms with Crippen molar-refractivity contribution in [2.75, 3.05) is 20.2 Å². The van der Waals surface area contributed by atoms with E-state index in [1.165, 1.54) is 31.2 Å². The van der Waals surface area contributed by atoms with Crippen LogP contribution in [0, 0.1) is 11.3 Å². The van der Waals surface area contributed by atoms with Gasteiger partial charge in [0.25, 0.3) is 0 Å². The van der Waals surface area contributed by atoms with Gasteiger partial charge in [0, 0.05) is 13.1 Å². The van der Waals surface area contributed by atoms with Gasteiger partial charge in [-0.15, -0.1) is 24.0 Å². The minimum atomic E-state index is 0. The number of halogens is 1. The average Bonchev–Trinajstić information content (AvgIpc) is 3.43. The molecule has 0 spiro atoms. The van der Waals surface area contributed by atoms with Crippen molar-refractivity contribution in [3.05, 3.63) is 29.8 Å². The summed E-state index contributed by atoms with van der Waals surface area (Å²) in [6.07, 6.45) is 5.65. The van der Waals surface area contributed by atoms with Crippen LogP contribution in [0.15, 0.2) is 29.3 Å². The number of rotatable bonds is 7. The maximum Gasteiger partial charge on any atom is 0.191 e. The Morgan fingerprint density at radius 1 is 1.22 bits per heavy atom. The van der Waals surface area contributed by atoms with Crippen LogP contribution < -0.4 is 15.4 Å². The van der Waals surface area contributed by atoms with E-state index in [-0.39, 0.29) is 24.0 Å². The van der Waals surface area contributed by atoms with E-state index in [0.29, 0.717) is 12.0 Å². The normalized spacial score (nSPS) is 18.8. The van der Waals surface area contributed by atoms with Crippen molar-refractivity contribution < 1.29 is 4.74 Å². The minimum Gasteiger partial charge on any atom is -0.497 e. The molecular weight excluding hydrogens is 401 g/mol. The number of nitrogens with one attached hydrogen (secondary N) is 2. The van der Waals surface area contributed by atoms with Crippen LogP contribution in [0.1, 0.15) is 38.2 Å². The molecule has 2 saturated carbocycles. The SMILES string of the molecule is CCNC(=NCc1ccc(OC)cc1)NCC1(C2CC2)CC1.I. The second-order valence-electron chi connectivity index (χ2n) is 6.53. The summed E-state index contributed by atoms with van der Waals surface area (Å²) in [6, 6.07) is 8.10. The monoisotopic (exact) mass is 429 g/mol. The van der Waals surface area contributed by atoms with Crippen LogP contribution in [0.5, 0.6) is 5.75 Å². The lowest BCUT2D eigenvalue weighted by atomic mass is 10.0. The quantitative estimate of drug-likeness (QED) is 0.396.